The number of fused-ring (bicyclic) bond motifs is 1. The monoisotopic (exact) mass is 429 g/mol. The van der Waals surface area contributed by atoms with Gasteiger partial charge < -0.3 is 14.8 Å². The van der Waals surface area contributed by atoms with Gasteiger partial charge in [0.2, 0.25) is 0 Å². The number of carbonyl (C=O) groups is 2. The number of carbonyl (C=O) groups excluding carboxylic acids is 2. The summed E-state index contributed by atoms with van der Waals surface area (Å²) in [5.41, 5.74) is 4.10. The van der Waals surface area contributed by atoms with Crippen LogP contribution in [-0.2, 0) is 20.9 Å². The average Bonchev–Trinajstić information content (AvgIpc) is 3.04. The predicted molar refractivity (Wildman–Crippen MR) is 117 cm³/mol. The Morgan fingerprint density at radius 2 is 1.83 bits per heavy atom. The smallest absolute Gasteiger partial charge is 0.349 e. The zero-order valence-electron chi connectivity index (χ0n) is 17.6. The molecule has 1 unspecified atom stereocenters. The molecule has 1 amide bonds. The summed E-state index contributed by atoms with van der Waals surface area (Å²) in [6, 6.07) is 8.61. The number of amides is 1. The van der Waals surface area contributed by atoms with Crippen LogP contribution >= 0.6 is 11.3 Å². The lowest BCUT2D eigenvalue weighted by Crippen LogP contribution is -2.30. The Bertz CT molecular complexity index is 1100. The molecule has 7 heteroatoms. The third kappa shape index (κ3) is 4.37. The van der Waals surface area contributed by atoms with Crippen molar-refractivity contribution in [1.29, 1.82) is 0 Å². The number of nitrogens with one attached hydrogen (secondary N) is 1. The van der Waals surface area contributed by atoms with Gasteiger partial charge in [0.1, 0.15) is 10.7 Å². The maximum Gasteiger partial charge on any atom is 0.349 e. The molecule has 0 aliphatic heterocycles. The van der Waals surface area contributed by atoms with E-state index < -0.39 is 23.8 Å². The van der Waals surface area contributed by atoms with Crippen LogP contribution in [-0.4, -0.2) is 25.1 Å². The van der Waals surface area contributed by atoms with Crippen LogP contribution in [0.4, 0.5) is 10.1 Å². The molecule has 0 bridgehead atoms. The van der Waals surface area contributed by atoms with E-state index in [1.807, 2.05) is 32.9 Å². The number of halogens is 1. The summed E-state index contributed by atoms with van der Waals surface area (Å²) in [5, 5.41) is 3.19. The molecule has 1 atom stereocenters. The molecule has 0 aliphatic rings. The highest BCUT2D eigenvalue weighted by molar-refractivity contribution is 7.21. The van der Waals surface area contributed by atoms with Gasteiger partial charge in [0.05, 0.1) is 6.61 Å². The van der Waals surface area contributed by atoms with E-state index in [1.165, 1.54) is 20.1 Å². The Morgan fingerprint density at radius 1 is 1.17 bits per heavy atom. The van der Waals surface area contributed by atoms with Crippen molar-refractivity contribution in [3.05, 3.63) is 63.3 Å². The number of anilines is 1. The Hall–Kier alpha value is -2.77. The predicted octanol–water partition coefficient (Wildman–Crippen LogP) is 5.30. The topological polar surface area (TPSA) is 64.6 Å². The van der Waals surface area contributed by atoms with Crippen LogP contribution in [0.15, 0.2) is 30.3 Å². The fourth-order valence-electron chi connectivity index (χ4n) is 3.48. The molecule has 3 rings (SSSR count). The van der Waals surface area contributed by atoms with Gasteiger partial charge >= 0.3 is 5.97 Å². The molecule has 0 radical (unpaired) electrons. The molecule has 3 aromatic rings. The molecule has 1 N–H and O–H groups in total. The zero-order chi connectivity index (χ0) is 22.0. The molecule has 0 spiro atoms. The molecular formula is C23H24FNO4S. The summed E-state index contributed by atoms with van der Waals surface area (Å²) >= 11 is 1.12. The quantitative estimate of drug-likeness (QED) is 0.541. The Morgan fingerprint density at radius 3 is 2.47 bits per heavy atom. The maximum absolute atomic E-state index is 14.3. The van der Waals surface area contributed by atoms with Crippen LogP contribution in [0.25, 0.3) is 10.1 Å². The van der Waals surface area contributed by atoms with Gasteiger partial charge in [-0.2, -0.15) is 0 Å². The molecule has 0 fully saturated rings. The summed E-state index contributed by atoms with van der Waals surface area (Å²) in [7, 11) is 1.47. The minimum absolute atomic E-state index is 0.0632. The number of benzene rings is 2. The van der Waals surface area contributed by atoms with Gasteiger partial charge in [-0.15, -0.1) is 11.3 Å². The fourth-order valence-corrected chi connectivity index (χ4v) is 4.59. The molecule has 1 heterocycles. The molecule has 0 saturated heterocycles. The first-order valence-corrected chi connectivity index (χ1v) is 10.3. The first kappa shape index (κ1) is 21.9. The van der Waals surface area contributed by atoms with Crippen LogP contribution < -0.4 is 5.32 Å². The van der Waals surface area contributed by atoms with Crippen molar-refractivity contribution in [3.63, 3.8) is 0 Å². The van der Waals surface area contributed by atoms with E-state index in [0.29, 0.717) is 21.3 Å². The van der Waals surface area contributed by atoms with E-state index in [1.54, 1.807) is 12.1 Å². The summed E-state index contributed by atoms with van der Waals surface area (Å²) in [4.78, 5) is 25.7. The number of ether oxygens (including phenoxy) is 2. The Kier molecular flexibility index (Phi) is 6.53. The second kappa shape index (κ2) is 8.93. The number of methoxy groups -OCH3 is 1. The average molecular weight is 430 g/mol. The lowest BCUT2D eigenvalue weighted by atomic mass is 10.0. The summed E-state index contributed by atoms with van der Waals surface area (Å²) in [5.74, 6) is -1.53. The van der Waals surface area contributed by atoms with E-state index in [9.17, 15) is 14.0 Å². The number of hydrogen-bond donors (Lipinski definition) is 1. The number of hydrogen-bond acceptors (Lipinski definition) is 5. The highest BCUT2D eigenvalue weighted by atomic mass is 32.1. The van der Waals surface area contributed by atoms with E-state index in [2.05, 4.69) is 5.32 Å². The summed E-state index contributed by atoms with van der Waals surface area (Å²) in [6.07, 6.45) is -1.02. The Balaban J connectivity index is 1.81. The molecule has 0 saturated carbocycles. The largest absolute Gasteiger partial charge is 0.448 e. The summed E-state index contributed by atoms with van der Waals surface area (Å²) in [6.45, 7) is 7.38. The number of rotatable bonds is 6. The van der Waals surface area contributed by atoms with Gasteiger partial charge in [-0.25, -0.2) is 9.18 Å². The minimum Gasteiger partial charge on any atom is -0.448 e. The zero-order valence-corrected chi connectivity index (χ0v) is 18.4. The molecule has 30 heavy (non-hydrogen) atoms. The Labute approximate surface area is 178 Å². The number of aryl methyl sites for hydroxylation is 3. The van der Waals surface area contributed by atoms with E-state index >= 15 is 0 Å². The van der Waals surface area contributed by atoms with Crippen LogP contribution in [0.1, 0.15) is 38.8 Å². The maximum atomic E-state index is 14.3. The van der Waals surface area contributed by atoms with Gasteiger partial charge in [0.15, 0.2) is 6.10 Å². The molecule has 0 aliphatic carbocycles. The van der Waals surface area contributed by atoms with Crippen molar-refractivity contribution in [2.45, 2.75) is 40.4 Å². The third-order valence-electron chi connectivity index (χ3n) is 4.82. The molecule has 1 aromatic heterocycles. The first-order chi connectivity index (χ1) is 14.2. The number of esters is 1. The van der Waals surface area contributed by atoms with E-state index in [-0.39, 0.29) is 11.5 Å². The second-order valence-corrected chi connectivity index (χ2v) is 8.32. The minimum atomic E-state index is -1.02. The van der Waals surface area contributed by atoms with Crippen molar-refractivity contribution >= 4 is 39.0 Å². The van der Waals surface area contributed by atoms with E-state index in [0.717, 1.165) is 28.0 Å². The third-order valence-corrected chi connectivity index (χ3v) is 5.99. The first-order valence-electron chi connectivity index (χ1n) is 9.51. The highest BCUT2D eigenvalue weighted by Crippen LogP contribution is 2.34. The van der Waals surface area contributed by atoms with Crippen LogP contribution in [0.2, 0.25) is 0 Å². The van der Waals surface area contributed by atoms with Gasteiger partial charge in [0, 0.05) is 28.4 Å². The van der Waals surface area contributed by atoms with Crippen molar-refractivity contribution in [1.82, 2.24) is 0 Å². The van der Waals surface area contributed by atoms with Gasteiger partial charge in [0.25, 0.3) is 5.91 Å². The van der Waals surface area contributed by atoms with Crippen molar-refractivity contribution in [3.8, 4) is 0 Å². The van der Waals surface area contributed by atoms with Crippen LogP contribution in [0, 0.1) is 26.6 Å². The standard InChI is InChI=1S/C23H24FNO4S/c1-12-9-13(2)20(14(3)10-12)25-22(26)15(4)29-23(27)21-16(11-28-5)19-17(24)7-6-8-18(19)30-21/h6-10,15H,11H2,1-5H3,(H,25,26). The van der Waals surface area contributed by atoms with Crippen LogP contribution in [0.5, 0.6) is 0 Å². The molecule has 2 aromatic carbocycles. The SMILES string of the molecule is COCc1c(C(=O)OC(C)C(=O)Nc2c(C)cc(C)cc2C)sc2cccc(F)c12. The summed E-state index contributed by atoms with van der Waals surface area (Å²) < 4.78 is 25.5. The van der Waals surface area contributed by atoms with Crippen molar-refractivity contribution in [2.75, 3.05) is 12.4 Å². The van der Waals surface area contributed by atoms with Gasteiger partial charge in [-0.05, 0) is 51.0 Å². The van der Waals surface area contributed by atoms with Gasteiger partial charge in [-0.1, -0.05) is 23.8 Å². The molecule has 5 nitrogen and oxygen atoms in total. The van der Waals surface area contributed by atoms with E-state index in [4.69, 9.17) is 9.47 Å². The highest BCUT2D eigenvalue weighted by Gasteiger charge is 2.26. The lowest BCUT2D eigenvalue weighted by Gasteiger charge is -2.17. The van der Waals surface area contributed by atoms with Gasteiger partial charge in [-0.3, -0.25) is 4.79 Å². The normalized spacial score (nSPS) is 12.1. The molecule has 158 valence electrons. The van der Waals surface area contributed by atoms with Crippen LogP contribution in [0.3, 0.4) is 0 Å². The fraction of sp³-hybridized carbons (Fsp3) is 0.304. The lowest BCUT2D eigenvalue weighted by molar-refractivity contribution is -0.123. The van der Waals surface area contributed by atoms with Crippen molar-refractivity contribution in [2.24, 2.45) is 0 Å². The molecular weight excluding hydrogens is 405 g/mol. The second-order valence-electron chi connectivity index (χ2n) is 7.27. The number of thiophene rings is 1. The van der Waals surface area contributed by atoms with Crippen molar-refractivity contribution < 1.29 is 23.5 Å².